The maximum Gasteiger partial charge on any atom is 0.320 e. The van der Waals surface area contributed by atoms with Gasteiger partial charge in [-0.1, -0.05) is 0 Å². The minimum absolute atomic E-state index is 0.0421. The fraction of sp³-hybridized carbons (Fsp3) is 0.846. The second-order valence-corrected chi connectivity index (χ2v) is 6.13. The van der Waals surface area contributed by atoms with Gasteiger partial charge in [0.15, 0.2) is 0 Å². The van der Waals surface area contributed by atoms with Crippen LogP contribution in [0.3, 0.4) is 0 Å². The fourth-order valence-electron chi connectivity index (χ4n) is 2.25. The molecular weight excluding hydrogens is 264 g/mol. The molecule has 2 amide bonds. The van der Waals surface area contributed by atoms with Crippen LogP contribution in [0.25, 0.3) is 0 Å². The lowest BCUT2D eigenvalue weighted by molar-refractivity contribution is -0.143. The first-order chi connectivity index (χ1) is 8.97. The molecule has 0 aromatic carbocycles. The Bertz CT molecular complexity index is 325. The van der Waals surface area contributed by atoms with Gasteiger partial charge in [-0.15, -0.1) is 0 Å². The van der Waals surface area contributed by atoms with Crippen LogP contribution in [-0.2, 0) is 4.79 Å². The summed E-state index contributed by atoms with van der Waals surface area (Å²) in [6.45, 7) is 3.04. The first kappa shape index (κ1) is 16.1. The average Bonchev–Trinajstić information content (AvgIpc) is 2.43. The molecule has 1 saturated heterocycles. The van der Waals surface area contributed by atoms with E-state index in [0.29, 0.717) is 19.5 Å². The normalized spacial score (nSPS) is 21.0. The van der Waals surface area contributed by atoms with E-state index in [-0.39, 0.29) is 12.1 Å². The van der Waals surface area contributed by atoms with E-state index in [4.69, 9.17) is 5.11 Å². The van der Waals surface area contributed by atoms with Gasteiger partial charge in [0, 0.05) is 26.2 Å². The molecule has 1 aliphatic rings. The summed E-state index contributed by atoms with van der Waals surface area (Å²) in [5.41, 5.74) is 0. The van der Waals surface area contributed by atoms with Crippen LogP contribution in [0.4, 0.5) is 4.79 Å². The van der Waals surface area contributed by atoms with Crippen LogP contribution in [-0.4, -0.2) is 65.1 Å². The Morgan fingerprint density at radius 2 is 2.21 bits per heavy atom. The summed E-state index contributed by atoms with van der Waals surface area (Å²) in [6, 6.07) is 0.143. The van der Waals surface area contributed by atoms with Crippen LogP contribution in [0, 0.1) is 5.92 Å². The van der Waals surface area contributed by atoms with Crippen LogP contribution in [0.15, 0.2) is 0 Å². The topological polar surface area (TPSA) is 60.9 Å². The van der Waals surface area contributed by atoms with E-state index in [1.54, 1.807) is 28.6 Å². The number of carbonyl (C=O) groups excluding carboxylic acids is 1. The number of carbonyl (C=O) groups is 2. The molecule has 0 saturated carbocycles. The zero-order valence-corrected chi connectivity index (χ0v) is 12.8. The standard InChI is InChI=1S/C13H24N2O3S/c1-10(6-8-19-3)14(2)13(18)15-7-4-5-11(9-15)12(16)17/h10-11H,4-9H2,1-3H3,(H,16,17)/t10?,11-/m0/s1. The molecule has 2 atom stereocenters. The highest BCUT2D eigenvalue weighted by atomic mass is 32.2. The van der Waals surface area contributed by atoms with Crippen molar-refractivity contribution in [2.45, 2.75) is 32.2 Å². The van der Waals surface area contributed by atoms with Crippen molar-refractivity contribution in [2.24, 2.45) is 5.92 Å². The average molecular weight is 288 g/mol. The summed E-state index contributed by atoms with van der Waals surface area (Å²) in [6.07, 6.45) is 4.46. The lowest BCUT2D eigenvalue weighted by Crippen LogP contribution is -2.50. The van der Waals surface area contributed by atoms with Crippen LogP contribution in [0.5, 0.6) is 0 Å². The minimum atomic E-state index is -0.796. The number of thioether (sulfide) groups is 1. The Balaban J connectivity index is 2.53. The van der Waals surface area contributed by atoms with Gasteiger partial charge in [0.05, 0.1) is 5.92 Å². The predicted molar refractivity (Wildman–Crippen MR) is 77.6 cm³/mol. The monoisotopic (exact) mass is 288 g/mol. The number of likely N-dealkylation sites (tertiary alicyclic amines) is 1. The molecule has 0 bridgehead atoms. The number of nitrogens with zero attached hydrogens (tertiary/aromatic N) is 2. The molecule has 1 rings (SSSR count). The van der Waals surface area contributed by atoms with E-state index in [0.717, 1.165) is 18.6 Å². The maximum absolute atomic E-state index is 12.3. The van der Waals surface area contributed by atoms with E-state index in [2.05, 4.69) is 6.26 Å². The molecule has 1 heterocycles. The number of rotatable bonds is 5. The third kappa shape index (κ3) is 4.60. The zero-order chi connectivity index (χ0) is 14.4. The summed E-state index contributed by atoms with van der Waals surface area (Å²) in [7, 11) is 1.80. The van der Waals surface area contributed by atoms with Gasteiger partial charge >= 0.3 is 12.0 Å². The van der Waals surface area contributed by atoms with Gasteiger partial charge in [-0.05, 0) is 38.2 Å². The SMILES string of the molecule is CSCCC(C)N(C)C(=O)N1CCC[C@H](C(=O)O)C1. The summed E-state index contributed by atoms with van der Waals surface area (Å²) in [5, 5.41) is 9.05. The Kier molecular flexibility index (Phi) is 6.48. The van der Waals surface area contributed by atoms with Crippen LogP contribution in [0.2, 0.25) is 0 Å². The number of hydrogen-bond donors (Lipinski definition) is 1. The number of carboxylic acid groups (broad SMARTS) is 1. The number of carboxylic acids is 1. The lowest BCUT2D eigenvalue weighted by Gasteiger charge is -2.36. The summed E-state index contributed by atoms with van der Waals surface area (Å²) >= 11 is 1.77. The molecule has 1 N–H and O–H groups in total. The number of amides is 2. The number of aliphatic carboxylic acids is 1. The third-order valence-electron chi connectivity index (χ3n) is 3.74. The molecule has 1 aliphatic heterocycles. The zero-order valence-electron chi connectivity index (χ0n) is 12.0. The molecule has 5 nitrogen and oxygen atoms in total. The Hall–Kier alpha value is -0.910. The molecule has 6 heteroatoms. The van der Waals surface area contributed by atoms with Gasteiger partial charge in [-0.2, -0.15) is 11.8 Å². The molecular formula is C13H24N2O3S. The highest BCUT2D eigenvalue weighted by molar-refractivity contribution is 7.98. The van der Waals surface area contributed by atoms with E-state index in [9.17, 15) is 9.59 Å². The molecule has 0 radical (unpaired) electrons. The van der Waals surface area contributed by atoms with Crippen molar-refractivity contribution in [2.75, 3.05) is 32.1 Å². The highest BCUT2D eigenvalue weighted by Gasteiger charge is 2.30. The molecule has 0 aromatic heterocycles. The molecule has 0 aliphatic carbocycles. The third-order valence-corrected chi connectivity index (χ3v) is 4.39. The quantitative estimate of drug-likeness (QED) is 0.840. The number of piperidine rings is 1. The summed E-state index contributed by atoms with van der Waals surface area (Å²) < 4.78 is 0. The van der Waals surface area contributed by atoms with Gasteiger partial charge in [-0.25, -0.2) is 4.79 Å². The van der Waals surface area contributed by atoms with Gasteiger partial charge in [0.1, 0.15) is 0 Å². The molecule has 0 spiro atoms. The van der Waals surface area contributed by atoms with E-state index in [1.807, 2.05) is 6.92 Å². The van der Waals surface area contributed by atoms with Crippen molar-refractivity contribution in [3.8, 4) is 0 Å². The molecule has 110 valence electrons. The number of hydrogen-bond acceptors (Lipinski definition) is 3. The van der Waals surface area contributed by atoms with Crippen molar-refractivity contribution >= 4 is 23.8 Å². The highest BCUT2D eigenvalue weighted by Crippen LogP contribution is 2.19. The maximum atomic E-state index is 12.3. The van der Waals surface area contributed by atoms with Crippen molar-refractivity contribution in [1.29, 1.82) is 0 Å². The second kappa shape index (κ2) is 7.62. The van der Waals surface area contributed by atoms with E-state index < -0.39 is 11.9 Å². The number of urea groups is 1. The smallest absolute Gasteiger partial charge is 0.320 e. The van der Waals surface area contributed by atoms with Gasteiger partial charge in [0.25, 0.3) is 0 Å². The van der Waals surface area contributed by atoms with Crippen LogP contribution < -0.4 is 0 Å². The van der Waals surface area contributed by atoms with Crippen LogP contribution >= 0.6 is 11.8 Å². The first-order valence-electron chi connectivity index (χ1n) is 6.70. The largest absolute Gasteiger partial charge is 0.481 e. The summed E-state index contributed by atoms with van der Waals surface area (Å²) in [4.78, 5) is 26.8. The van der Waals surface area contributed by atoms with Crippen molar-refractivity contribution < 1.29 is 14.7 Å². The fourth-order valence-corrected chi connectivity index (χ4v) is 2.82. The molecule has 0 aromatic rings. The Morgan fingerprint density at radius 1 is 1.53 bits per heavy atom. The van der Waals surface area contributed by atoms with Gasteiger partial charge in [-0.3, -0.25) is 4.79 Å². The predicted octanol–water partition coefficient (Wildman–Crippen LogP) is 1.98. The first-order valence-corrected chi connectivity index (χ1v) is 8.10. The molecule has 19 heavy (non-hydrogen) atoms. The van der Waals surface area contributed by atoms with Crippen molar-refractivity contribution in [3.05, 3.63) is 0 Å². The Morgan fingerprint density at radius 3 is 2.79 bits per heavy atom. The van der Waals surface area contributed by atoms with Crippen molar-refractivity contribution in [1.82, 2.24) is 9.80 Å². The Labute approximate surface area is 119 Å². The van der Waals surface area contributed by atoms with E-state index >= 15 is 0 Å². The molecule has 1 fully saturated rings. The minimum Gasteiger partial charge on any atom is -0.481 e. The second-order valence-electron chi connectivity index (χ2n) is 5.15. The van der Waals surface area contributed by atoms with Crippen LogP contribution in [0.1, 0.15) is 26.2 Å². The van der Waals surface area contributed by atoms with Crippen molar-refractivity contribution in [3.63, 3.8) is 0 Å². The molecule has 1 unspecified atom stereocenters. The van der Waals surface area contributed by atoms with Gasteiger partial charge < -0.3 is 14.9 Å². The van der Waals surface area contributed by atoms with Gasteiger partial charge in [0.2, 0.25) is 0 Å². The summed E-state index contributed by atoms with van der Waals surface area (Å²) in [5.74, 6) is -0.181. The van der Waals surface area contributed by atoms with E-state index in [1.165, 1.54) is 0 Å². The lowest BCUT2D eigenvalue weighted by atomic mass is 9.98.